The van der Waals surface area contributed by atoms with Gasteiger partial charge in [0, 0.05) is 23.0 Å². The zero-order valence-electron chi connectivity index (χ0n) is 10.7. The topological polar surface area (TPSA) is 55.1 Å². The molecule has 1 amide bonds. The van der Waals surface area contributed by atoms with Crippen LogP contribution in [0.25, 0.3) is 0 Å². The van der Waals surface area contributed by atoms with Gasteiger partial charge >= 0.3 is 0 Å². The molecule has 0 saturated heterocycles. The molecule has 0 atom stereocenters. The number of hydrogen-bond acceptors (Lipinski definition) is 2. The van der Waals surface area contributed by atoms with Crippen LogP contribution in [0.1, 0.15) is 25.8 Å². The molecular formula is C13H20BrClN2O. The Morgan fingerprint density at radius 3 is 2.56 bits per heavy atom. The van der Waals surface area contributed by atoms with Crippen LogP contribution in [-0.4, -0.2) is 18.0 Å². The van der Waals surface area contributed by atoms with Gasteiger partial charge in [0.15, 0.2) is 0 Å². The maximum atomic E-state index is 11.6. The molecule has 0 aliphatic carbocycles. The number of nitrogens with one attached hydrogen (secondary N) is 1. The average molecular weight is 336 g/mol. The molecule has 3 nitrogen and oxygen atoms in total. The van der Waals surface area contributed by atoms with Crippen LogP contribution in [-0.2, 0) is 11.2 Å². The van der Waals surface area contributed by atoms with Crippen LogP contribution in [0.4, 0.5) is 0 Å². The Kier molecular flexibility index (Phi) is 7.52. The van der Waals surface area contributed by atoms with E-state index in [-0.39, 0.29) is 23.9 Å². The van der Waals surface area contributed by atoms with Crippen LogP contribution in [0, 0.1) is 0 Å². The fourth-order valence-electron chi connectivity index (χ4n) is 1.36. The van der Waals surface area contributed by atoms with E-state index in [2.05, 4.69) is 21.2 Å². The van der Waals surface area contributed by atoms with Gasteiger partial charge < -0.3 is 11.1 Å². The minimum atomic E-state index is -0.358. The van der Waals surface area contributed by atoms with E-state index in [4.69, 9.17) is 5.73 Å². The van der Waals surface area contributed by atoms with Crippen molar-refractivity contribution in [3.63, 3.8) is 0 Å². The summed E-state index contributed by atoms with van der Waals surface area (Å²) in [5.74, 6) is 0.0410. The normalized spacial score (nSPS) is 10.7. The van der Waals surface area contributed by atoms with Crippen molar-refractivity contribution in [1.29, 1.82) is 0 Å². The Morgan fingerprint density at radius 2 is 2.00 bits per heavy atom. The molecule has 0 radical (unpaired) electrons. The maximum absolute atomic E-state index is 11.6. The van der Waals surface area contributed by atoms with Gasteiger partial charge in [0.2, 0.25) is 5.91 Å². The molecule has 1 aromatic rings. The molecule has 18 heavy (non-hydrogen) atoms. The molecule has 0 heterocycles. The molecule has 0 aliphatic rings. The lowest BCUT2D eigenvalue weighted by Crippen LogP contribution is -2.45. The fraction of sp³-hybridized carbons (Fsp3) is 0.462. The molecule has 1 aromatic carbocycles. The lowest BCUT2D eigenvalue weighted by molar-refractivity contribution is -0.121. The lowest BCUT2D eigenvalue weighted by Gasteiger charge is -2.18. The molecule has 0 saturated carbocycles. The molecule has 0 unspecified atom stereocenters. The fourth-order valence-corrected chi connectivity index (χ4v) is 1.85. The summed E-state index contributed by atoms with van der Waals surface area (Å²) in [6.45, 7) is 4.28. The van der Waals surface area contributed by atoms with E-state index in [1.165, 1.54) is 0 Å². The summed E-state index contributed by atoms with van der Waals surface area (Å²) in [4.78, 5) is 11.6. The predicted octanol–water partition coefficient (Wildman–Crippen LogP) is 2.66. The third kappa shape index (κ3) is 6.99. The maximum Gasteiger partial charge on any atom is 0.220 e. The molecular weight excluding hydrogens is 316 g/mol. The smallest absolute Gasteiger partial charge is 0.220 e. The van der Waals surface area contributed by atoms with Gasteiger partial charge in [-0.1, -0.05) is 34.1 Å². The second-order valence-electron chi connectivity index (χ2n) is 4.86. The summed E-state index contributed by atoms with van der Waals surface area (Å²) in [7, 11) is 0. The van der Waals surface area contributed by atoms with Gasteiger partial charge in [-0.3, -0.25) is 4.79 Å². The van der Waals surface area contributed by atoms with Gasteiger partial charge in [0.25, 0.3) is 0 Å². The summed E-state index contributed by atoms with van der Waals surface area (Å²) >= 11 is 3.47. The van der Waals surface area contributed by atoms with E-state index >= 15 is 0 Å². The largest absolute Gasteiger partial charge is 0.354 e. The zero-order valence-corrected chi connectivity index (χ0v) is 13.1. The number of nitrogens with two attached hydrogens (primary N) is 1. The van der Waals surface area contributed by atoms with Crippen LogP contribution < -0.4 is 11.1 Å². The van der Waals surface area contributed by atoms with Crippen molar-refractivity contribution >= 4 is 34.2 Å². The molecule has 0 fully saturated rings. The van der Waals surface area contributed by atoms with Crippen LogP contribution in [0.3, 0.4) is 0 Å². The minimum Gasteiger partial charge on any atom is -0.354 e. The zero-order chi connectivity index (χ0) is 12.9. The van der Waals surface area contributed by atoms with Crippen molar-refractivity contribution in [1.82, 2.24) is 5.32 Å². The van der Waals surface area contributed by atoms with Gasteiger partial charge in [-0.05, 0) is 31.9 Å². The average Bonchev–Trinajstić information content (AvgIpc) is 2.24. The highest BCUT2D eigenvalue weighted by Gasteiger charge is 2.12. The van der Waals surface area contributed by atoms with Crippen molar-refractivity contribution in [2.75, 3.05) is 6.54 Å². The Morgan fingerprint density at radius 1 is 1.39 bits per heavy atom. The van der Waals surface area contributed by atoms with Crippen molar-refractivity contribution < 1.29 is 4.79 Å². The number of carbonyl (C=O) groups is 1. The molecule has 0 aromatic heterocycles. The molecule has 0 spiro atoms. The Hall–Kier alpha value is -0.580. The third-order valence-electron chi connectivity index (χ3n) is 2.32. The highest BCUT2D eigenvalue weighted by Crippen LogP contribution is 2.17. The summed E-state index contributed by atoms with van der Waals surface area (Å²) in [5, 5.41) is 2.83. The molecule has 3 N–H and O–H groups in total. The molecule has 102 valence electrons. The number of rotatable bonds is 5. The predicted molar refractivity (Wildman–Crippen MR) is 81.0 cm³/mol. The molecule has 5 heteroatoms. The van der Waals surface area contributed by atoms with Crippen LogP contribution >= 0.6 is 28.3 Å². The Bertz CT molecular complexity index is 391. The molecule has 1 rings (SSSR count). The van der Waals surface area contributed by atoms with Gasteiger partial charge in [-0.2, -0.15) is 0 Å². The van der Waals surface area contributed by atoms with E-state index in [0.29, 0.717) is 13.0 Å². The first-order chi connectivity index (χ1) is 7.88. The van der Waals surface area contributed by atoms with Gasteiger partial charge in [-0.15, -0.1) is 12.4 Å². The number of carbonyl (C=O) groups excluding carboxylic acids is 1. The number of hydrogen-bond donors (Lipinski definition) is 2. The summed E-state index contributed by atoms with van der Waals surface area (Å²) < 4.78 is 1.05. The first kappa shape index (κ1) is 17.4. The molecule has 0 bridgehead atoms. The first-order valence-corrected chi connectivity index (χ1v) is 6.47. The summed E-state index contributed by atoms with van der Waals surface area (Å²) in [6.07, 6.45) is 1.22. The number of aryl methyl sites for hydroxylation is 1. The van der Waals surface area contributed by atoms with E-state index in [1.807, 2.05) is 38.1 Å². The van der Waals surface area contributed by atoms with Crippen molar-refractivity contribution in [2.45, 2.75) is 32.2 Å². The number of benzene rings is 1. The van der Waals surface area contributed by atoms with Crippen molar-refractivity contribution in [2.24, 2.45) is 5.73 Å². The lowest BCUT2D eigenvalue weighted by atomic mass is 10.1. The highest BCUT2D eigenvalue weighted by molar-refractivity contribution is 9.10. The van der Waals surface area contributed by atoms with E-state index < -0.39 is 0 Å². The summed E-state index contributed by atoms with van der Waals surface area (Å²) in [6, 6.07) is 7.94. The van der Waals surface area contributed by atoms with Crippen LogP contribution in [0.2, 0.25) is 0 Å². The van der Waals surface area contributed by atoms with E-state index in [0.717, 1.165) is 16.5 Å². The summed E-state index contributed by atoms with van der Waals surface area (Å²) in [5.41, 5.74) is 6.58. The van der Waals surface area contributed by atoms with E-state index in [1.54, 1.807) is 0 Å². The van der Waals surface area contributed by atoms with Crippen LogP contribution in [0.5, 0.6) is 0 Å². The minimum absolute atomic E-state index is 0. The number of halogens is 2. The monoisotopic (exact) mass is 334 g/mol. The highest BCUT2D eigenvalue weighted by atomic mass is 79.9. The second-order valence-corrected chi connectivity index (χ2v) is 5.71. The van der Waals surface area contributed by atoms with Gasteiger partial charge in [0.1, 0.15) is 0 Å². The first-order valence-electron chi connectivity index (χ1n) is 5.67. The quantitative estimate of drug-likeness (QED) is 0.869. The van der Waals surface area contributed by atoms with Crippen LogP contribution in [0.15, 0.2) is 28.7 Å². The Balaban J connectivity index is 0.00000289. The Labute approximate surface area is 123 Å². The SMILES string of the molecule is CC(C)(N)CNC(=O)CCc1ccccc1Br.Cl. The standard InChI is InChI=1S/C13H19BrN2O.ClH/c1-13(2,15)9-16-12(17)8-7-10-5-3-4-6-11(10)14;/h3-6H,7-9,15H2,1-2H3,(H,16,17);1H. The van der Waals surface area contributed by atoms with E-state index in [9.17, 15) is 4.79 Å². The number of amides is 1. The van der Waals surface area contributed by atoms with Gasteiger partial charge in [0.05, 0.1) is 0 Å². The second kappa shape index (κ2) is 7.77. The van der Waals surface area contributed by atoms with Gasteiger partial charge in [-0.25, -0.2) is 0 Å². The van der Waals surface area contributed by atoms with Crippen molar-refractivity contribution in [3.8, 4) is 0 Å². The van der Waals surface area contributed by atoms with Crippen molar-refractivity contribution in [3.05, 3.63) is 34.3 Å². The third-order valence-corrected chi connectivity index (χ3v) is 3.09. The molecule has 0 aliphatic heterocycles.